The summed E-state index contributed by atoms with van der Waals surface area (Å²) >= 11 is 0. The zero-order valence-electron chi connectivity index (χ0n) is 11.2. The number of nitrogens with zero attached hydrogens (tertiary/aromatic N) is 3. The first-order valence-electron chi connectivity index (χ1n) is 6.79. The Morgan fingerprint density at radius 2 is 2.00 bits per heavy atom. The van der Waals surface area contributed by atoms with Gasteiger partial charge in [0.25, 0.3) is 0 Å². The Kier molecular flexibility index (Phi) is 3.59. The minimum absolute atomic E-state index is 0.259. The number of carbonyl (C=O) groups excluding carboxylic acids is 1. The van der Waals surface area contributed by atoms with Gasteiger partial charge < -0.3 is 10.0 Å². The molecule has 7 heteroatoms. The van der Waals surface area contributed by atoms with Gasteiger partial charge in [-0.15, -0.1) is 0 Å². The standard InChI is InChI=1S/C14H15F2N3O2/c15-10-5-9(6-11(16)7-10)13-1-3-17-19(13)14(21)18-4-2-12(20)8-18/h3,5-7,12-13,20H,1-2,4,8H2. The topological polar surface area (TPSA) is 56.1 Å². The lowest BCUT2D eigenvalue weighted by atomic mass is 10.0. The van der Waals surface area contributed by atoms with E-state index in [9.17, 15) is 18.7 Å². The predicted octanol–water partition coefficient (Wildman–Crippen LogP) is 1.88. The van der Waals surface area contributed by atoms with Crippen molar-refractivity contribution < 1.29 is 18.7 Å². The molecule has 2 aliphatic rings. The summed E-state index contributed by atoms with van der Waals surface area (Å²) in [6, 6.07) is 2.35. The van der Waals surface area contributed by atoms with Crippen molar-refractivity contribution in [1.29, 1.82) is 0 Å². The maximum Gasteiger partial charge on any atom is 0.341 e. The number of hydrazone groups is 1. The molecule has 0 saturated carbocycles. The van der Waals surface area contributed by atoms with Crippen molar-refractivity contribution >= 4 is 12.2 Å². The molecule has 2 atom stereocenters. The molecule has 0 radical (unpaired) electrons. The highest BCUT2D eigenvalue weighted by Crippen LogP contribution is 2.30. The van der Waals surface area contributed by atoms with Gasteiger partial charge in [-0.3, -0.25) is 0 Å². The fourth-order valence-corrected chi connectivity index (χ4v) is 2.70. The fourth-order valence-electron chi connectivity index (χ4n) is 2.70. The van der Waals surface area contributed by atoms with Crippen LogP contribution in [0.4, 0.5) is 13.6 Å². The maximum atomic E-state index is 13.3. The van der Waals surface area contributed by atoms with Gasteiger partial charge in [0.2, 0.25) is 0 Å². The molecule has 21 heavy (non-hydrogen) atoms. The van der Waals surface area contributed by atoms with E-state index in [1.807, 2.05) is 0 Å². The van der Waals surface area contributed by atoms with Crippen LogP contribution in [-0.2, 0) is 0 Å². The van der Waals surface area contributed by atoms with Crippen molar-refractivity contribution in [3.8, 4) is 0 Å². The van der Waals surface area contributed by atoms with Gasteiger partial charge in [0.05, 0.1) is 12.1 Å². The number of hydrogen-bond acceptors (Lipinski definition) is 3. The van der Waals surface area contributed by atoms with Crippen LogP contribution in [0.15, 0.2) is 23.3 Å². The minimum Gasteiger partial charge on any atom is -0.391 e. The molecule has 1 aromatic carbocycles. The van der Waals surface area contributed by atoms with Gasteiger partial charge in [-0.1, -0.05) is 0 Å². The molecular weight excluding hydrogens is 280 g/mol. The van der Waals surface area contributed by atoms with Crippen LogP contribution in [-0.4, -0.2) is 46.5 Å². The molecule has 1 aromatic rings. The van der Waals surface area contributed by atoms with E-state index in [4.69, 9.17) is 0 Å². The molecule has 1 fully saturated rings. The van der Waals surface area contributed by atoms with Gasteiger partial charge in [0.1, 0.15) is 11.6 Å². The Bertz CT molecular complexity index is 573. The monoisotopic (exact) mass is 295 g/mol. The number of halogens is 2. The van der Waals surface area contributed by atoms with E-state index in [2.05, 4.69) is 5.10 Å². The number of amides is 2. The van der Waals surface area contributed by atoms with E-state index < -0.39 is 23.8 Å². The van der Waals surface area contributed by atoms with Crippen molar-refractivity contribution in [3.05, 3.63) is 35.4 Å². The molecule has 0 aliphatic carbocycles. The zero-order valence-corrected chi connectivity index (χ0v) is 11.2. The summed E-state index contributed by atoms with van der Waals surface area (Å²) in [6.07, 6.45) is 1.97. The molecule has 1 N–H and O–H groups in total. The summed E-state index contributed by atoms with van der Waals surface area (Å²) < 4.78 is 26.7. The van der Waals surface area contributed by atoms with Crippen molar-refractivity contribution in [2.24, 2.45) is 5.10 Å². The van der Waals surface area contributed by atoms with Crippen LogP contribution in [0.25, 0.3) is 0 Å². The number of likely N-dealkylation sites (tertiary alicyclic amines) is 1. The Morgan fingerprint density at radius 3 is 2.62 bits per heavy atom. The van der Waals surface area contributed by atoms with E-state index in [0.717, 1.165) is 6.07 Å². The Hall–Kier alpha value is -2.02. The predicted molar refractivity (Wildman–Crippen MR) is 71.6 cm³/mol. The van der Waals surface area contributed by atoms with Crippen LogP contribution >= 0.6 is 0 Å². The Balaban J connectivity index is 1.81. The molecule has 2 aliphatic heterocycles. The highest BCUT2D eigenvalue weighted by Gasteiger charge is 2.34. The number of hydrogen-bond donors (Lipinski definition) is 1. The molecule has 5 nitrogen and oxygen atoms in total. The number of aliphatic hydroxyl groups excluding tert-OH is 1. The fraction of sp³-hybridized carbons (Fsp3) is 0.429. The lowest BCUT2D eigenvalue weighted by molar-refractivity contribution is 0.138. The summed E-state index contributed by atoms with van der Waals surface area (Å²) in [7, 11) is 0. The molecule has 112 valence electrons. The first-order valence-corrected chi connectivity index (χ1v) is 6.79. The third-order valence-corrected chi connectivity index (χ3v) is 3.73. The van der Waals surface area contributed by atoms with Crippen molar-refractivity contribution in [2.75, 3.05) is 13.1 Å². The molecule has 2 heterocycles. The Labute approximate surface area is 120 Å². The second-order valence-corrected chi connectivity index (χ2v) is 5.27. The van der Waals surface area contributed by atoms with Gasteiger partial charge in [0, 0.05) is 31.8 Å². The first-order chi connectivity index (χ1) is 10.0. The summed E-state index contributed by atoms with van der Waals surface area (Å²) in [6.45, 7) is 0.714. The molecule has 2 amide bonds. The van der Waals surface area contributed by atoms with E-state index in [0.29, 0.717) is 24.9 Å². The summed E-state index contributed by atoms with van der Waals surface area (Å²) in [5.74, 6) is -1.36. The molecular formula is C14H15F2N3O2. The lowest BCUT2D eigenvalue weighted by Crippen LogP contribution is -2.40. The van der Waals surface area contributed by atoms with Gasteiger partial charge in [-0.25, -0.2) is 18.6 Å². The van der Waals surface area contributed by atoms with Crippen LogP contribution < -0.4 is 0 Å². The second kappa shape index (κ2) is 5.40. The second-order valence-electron chi connectivity index (χ2n) is 5.27. The molecule has 2 unspecified atom stereocenters. The van der Waals surface area contributed by atoms with E-state index in [1.165, 1.54) is 22.0 Å². The lowest BCUT2D eigenvalue weighted by Gasteiger charge is -2.27. The SMILES string of the molecule is O=C(N1CCC(O)C1)N1N=CCC1c1cc(F)cc(F)c1. The van der Waals surface area contributed by atoms with Crippen LogP contribution in [0.3, 0.4) is 0 Å². The zero-order chi connectivity index (χ0) is 15.0. The van der Waals surface area contributed by atoms with Crippen molar-refractivity contribution in [1.82, 2.24) is 9.91 Å². The highest BCUT2D eigenvalue weighted by molar-refractivity contribution is 5.78. The molecule has 0 spiro atoms. The van der Waals surface area contributed by atoms with Gasteiger partial charge >= 0.3 is 6.03 Å². The molecule has 0 aromatic heterocycles. The summed E-state index contributed by atoms with van der Waals surface area (Å²) in [5, 5.41) is 14.7. The number of aliphatic hydroxyl groups is 1. The van der Waals surface area contributed by atoms with Gasteiger partial charge in [-0.05, 0) is 24.1 Å². The smallest absolute Gasteiger partial charge is 0.341 e. The van der Waals surface area contributed by atoms with Crippen LogP contribution in [0, 0.1) is 11.6 Å². The minimum atomic E-state index is -0.680. The normalized spacial score (nSPS) is 24.9. The van der Waals surface area contributed by atoms with E-state index >= 15 is 0 Å². The maximum absolute atomic E-state index is 13.3. The van der Waals surface area contributed by atoms with Crippen LogP contribution in [0.5, 0.6) is 0 Å². The number of rotatable bonds is 1. The van der Waals surface area contributed by atoms with Crippen molar-refractivity contribution in [3.63, 3.8) is 0 Å². The van der Waals surface area contributed by atoms with E-state index in [1.54, 1.807) is 6.21 Å². The van der Waals surface area contributed by atoms with E-state index in [-0.39, 0.29) is 12.6 Å². The average Bonchev–Trinajstić information content (AvgIpc) is 3.05. The van der Waals surface area contributed by atoms with Gasteiger partial charge in [-0.2, -0.15) is 5.10 Å². The number of β-amino-alcohol motifs (C(OH)–C–C–N with tert-alkyl or cyclic N) is 1. The molecule has 0 bridgehead atoms. The van der Waals surface area contributed by atoms with Gasteiger partial charge in [0.15, 0.2) is 0 Å². The number of benzene rings is 1. The number of urea groups is 1. The van der Waals surface area contributed by atoms with Crippen LogP contribution in [0.1, 0.15) is 24.4 Å². The summed E-state index contributed by atoms with van der Waals surface area (Å²) in [5.41, 5.74) is 0.373. The third kappa shape index (κ3) is 2.73. The van der Waals surface area contributed by atoms with Crippen molar-refractivity contribution in [2.45, 2.75) is 25.0 Å². The largest absolute Gasteiger partial charge is 0.391 e. The molecule has 3 rings (SSSR count). The third-order valence-electron chi connectivity index (χ3n) is 3.73. The first kappa shape index (κ1) is 13.9. The average molecular weight is 295 g/mol. The quantitative estimate of drug-likeness (QED) is 0.860. The Morgan fingerprint density at radius 1 is 1.29 bits per heavy atom. The van der Waals surface area contributed by atoms with Crippen LogP contribution in [0.2, 0.25) is 0 Å². The highest BCUT2D eigenvalue weighted by atomic mass is 19.1. The summed E-state index contributed by atoms with van der Waals surface area (Å²) in [4.78, 5) is 13.9. The molecule has 1 saturated heterocycles. The number of carbonyl (C=O) groups is 1.